The summed E-state index contributed by atoms with van der Waals surface area (Å²) in [6.45, 7) is 28.3. The van der Waals surface area contributed by atoms with Crippen molar-refractivity contribution in [1.29, 1.82) is 0 Å². The summed E-state index contributed by atoms with van der Waals surface area (Å²) in [6, 6.07) is 9.72. The van der Waals surface area contributed by atoms with E-state index >= 15 is 0 Å². The number of ether oxygens (including phenoxy) is 1. The molecule has 0 fully saturated rings. The number of hydrogen-bond acceptors (Lipinski definition) is 1. The molecule has 0 amide bonds. The van der Waals surface area contributed by atoms with E-state index in [1.54, 1.807) is 0 Å². The first-order valence-corrected chi connectivity index (χ1v) is 16.2. The Bertz CT molecular complexity index is 892. The van der Waals surface area contributed by atoms with Gasteiger partial charge in [-0.15, -0.1) is 0 Å². The van der Waals surface area contributed by atoms with Gasteiger partial charge < -0.3 is 4.74 Å². The van der Waals surface area contributed by atoms with Crippen LogP contribution in [0.2, 0.25) is 26.2 Å². The maximum atomic E-state index is 6.88. The van der Waals surface area contributed by atoms with Crippen molar-refractivity contribution in [3.8, 4) is 11.5 Å². The maximum absolute atomic E-state index is 6.88. The second-order valence-electron chi connectivity index (χ2n) is 12.0. The topological polar surface area (TPSA) is 9.23 Å². The smallest absolute Gasteiger partial charge is 0.130 e. The third kappa shape index (κ3) is 3.96. The summed E-state index contributed by atoms with van der Waals surface area (Å²) in [6.07, 6.45) is 0. The van der Waals surface area contributed by atoms with Crippen LogP contribution in [0.5, 0.6) is 11.5 Å². The van der Waals surface area contributed by atoms with Gasteiger partial charge in [0.15, 0.2) is 0 Å². The van der Waals surface area contributed by atoms with Gasteiger partial charge in [-0.05, 0) is 32.3 Å². The van der Waals surface area contributed by atoms with Gasteiger partial charge in [0, 0.05) is 16.5 Å². The number of hydrogen-bond donors (Lipinski definition) is 0. The van der Waals surface area contributed by atoms with Gasteiger partial charge in [-0.3, -0.25) is 0 Å². The van der Waals surface area contributed by atoms with Crippen LogP contribution in [0.1, 0.15) is 77.6 Å². The highest BCUT2D eigenvalue weighted by molar-refractivity contribution is 6.72. The zero-order valence-corrected chi connectivity index (χ0v) is 23.2. The first-order valence-electron chi connectivity index (χ1n) is 11.2. The highest BCUT2D eigenvalue weighted by Gasteiger charge is 2.39. The summed E-state index contributed by atoms with van der Waals surface area (Å²) in [5, 5.41) is 2.88. The summed E-state index contributed by atoms with van der Waals surface area (Å²) in [5.74, 6) is 2.29. The van der Waals surface area contributed by atoms with Crippen LogP contribution in [-0.4, -0.2) is 17.6 Å². The van der Waals surface area contributed by atoms with Gasteiger partial charge in [-0.25, -0.2) is 0 Å². The lowest BCUT2D eigenvalue weighted by Crippen LogP contribution is -2.38. The minimum Gasteiger partial charge on any atom is -0.457 e. The Kier molecular flexibility index (Phi) is 5.74. The molecule has 0 saturated carbocycles. The van der Waals surface area contributed by atoms with E-state index in [9.17, 15) is 0 Å². The van der Waals surface area contributed by atoms with Crippen LogP contribution in [0, 0.1) is 0 Å². The van der Waals surface area contributed by atoms with Crippen LogP contribution in [0.3, 0.4) is 0 Å². The van der Waals surface area contributed by atoms with Gasteiger partial charge in [0.05, 0.1) is 17.6 Å². The highest BCUT2D eigenvalue weighted by atomic mass is 28.3. The van der Waals surface area contributed by atoms with Gasteiger partial charge in [-0.2, -0.15) is 0 Å². The standard InChI is InChI=1S/C27H40OSi2/c1-25(2,3)17-13-19-23(21(15-17)29(9)10)28-24-20(27(19,7)8)14-18(26(4,5)6)16-22(24)30(11)12/h13-16H,1-12H3. The predicted molar refractivity (Wildman–Crippen MR) is 137 cm³/mol. The zero-order valence-electron chi connectivity index (χ0n) is 21.2. The monoisotopic (exact) mass is 436 g/mol. The van der Waals surface area contributed by atoms with E-state index in [2.05, 4.69) is 106 Å². The van der Waals surface area contributed by atoms with E-state index in [-0.39, 0.29) is 16.2 Å². The Morgan fingerprint density at radius 2 is 0.967 bits per heavy atom. The molecule has 3 rings (SSSR count). The molecule has 1 aliphatic heterocycles. The first-order chi connectivity index (χ1) is 13.5. The van der Waals surface area contributed by atoms with Crippen molar-refractivity contribution in [3.05, 3.63) is 46.5 Å². The first kappa shape index (κ1) is 23.3. The van der Waals surface area contributed by atoms with E-state index in [0.717, 1.165) is 11.5 Å². The summed E-state index contributed by atoms with van der Waals surface area (Å²) in [7, 11) is -1.33. The molecule has 2 radical (unpaired) electrons. The zero-order chi connectivity index (χ0) is 22.8. The van der Waals surface area contributed by atoms with Crippen LogP contribution < -0.4 is 15.1 Å². The molecule has 0 saturated heterocycles. The lowest BCUT2D eigenvalue weighted by Gasteiger charge is -2.40. The number of benzene rings is 2. The molecule has 2 aromatic rings. The minimum absolute atomic E-state index is 0.0798. The molecule has 30 heavy (non-hydrogen) atoms. The summed E-state index contributed by atoms with van der Waals surface area (Å²) in [5.41, 5.74) is 5.74. The van der Waals surface area contributed by atoms with Crippen LogP contribution in [0.15, 0.2) is 24.3 Å². The normalized spacial score (nSPS) is 15.8. The molecule has 0 aliphatic carbocycles. The minimum atomic E-state index is -0.665. The van der Waals surface area contributed by atoms with Crippen molar-refractivity contribution in [2.45, 2.75) is 97.8 Å². The van der Waals surface area contributed by atoms with Crippen LogP contribution in [0.25, 0.3) is 0 Å². The van der Waals surface area contributed by atoms with Crippen LogP contribution >= 0.6 is 0 Å². The van der Waals surface area contributed by atoms with Crippen molar-refractivity contribution in [2.75, 3.05) is 0 Å². The molecule has 3 heteroatoms. The molecule has 0 bridgehead atoms. The molecule has 0 atom stereocenters. The summed E-state index contributed by atoms with van der Waals surface area (Å²) >= 11 is 0. The Morgan fingerprint density at radius 3 is 1.23 bits per heavy atom. The van der Waals surface area contributed by atoms with Gasteiger partial charge in [0.2, 0.25) is 0 Å². The second-order valence-corrected chi connectivity index (χ2v) is 17.1. The molecule has 1 aliphatic rings. The quantitative estimate of drug-likeness (QED) is 0.480. The molecular weight excluding hydrogens is 396 g/mol. The molecule has 162 valence electrons. The molecular formula is C27H40OSi2. The maximum Gasteiger partial charge on any atom is 0.130 e. The van der Waals surface area contributed by atoms with Crippen molar-refractivity contribution in [1.82, 2.24) is 0 Å². The average molecular weight is 437 g/mol. The Balaban J connectivity index is 2.38. The molecule has 0 unspecified atom stereocenters. The lowest BCUT2D eigenvalue weighted by atomic mass is 9.72. The average Bonchev–Trinajstić information content (AvgIpc) is 2.58. The van der Waals surface area contributed by atoms with E-state index < -0.39 is 17.6 Å². The largest absolute Gasteiger partial charge is 0.457 e. The number of fused-ring (bicyclic) bond motifs is 2. The van der Waals surface area contributed by atoms with E-state index in [1.165, 1.54) is 32.6 Å². The van der Waals surface area contributed by atoms with Crippen molar-refractivity contribution >= 4 is 28.0 Å². The van der Waals surface area contributed by atoms with E-state index in [1.807, 2.05) is 0 Å². The predicted octanol–water partition coefficient (Wildman–Crippen LogP) is 6.64. The SMILES string of the molecule is C[Si](C)c1cc(C(C)(C)C)cc2c1Oc1c([Si](C)C)cc(C(C)(C)C)cc1C2(C)C. The fourth-order valence-corrected chi connectivity index (χ4v) is 6.43. The third-order valence-corrected chi connectivity index (χ3v) is 9.44. The van der Waals surface area contributed by atoms with Crippen LogP contribution in [-0.2, 0) is 16.2 Å². The van der Waals surface area contributed by atoms with Crippen molar-refractivity contribution < 1.29 is 4.74 Å². The Labute approximate surface area is 188 Å². The molecule has 1 nitrogen and oxygen atoms in total. The fourth-order valence-electron chi connectivity index (χ4n) is 4.26. The third-order valence-electron chi connectivity index (χ3n) is 6.54. The van der Waals surface area contributed by atoms with E-state index in [4.69, 9.17) is 4.74 Å². The second kappa shape index (κ2) is 7.37. The lowest BCUT2D eigenvalue weighted by molar-refractivity contribution is 0.421. The van der Waals surface area contributed by atoms with Gasteiger partial charge in [0.1, 0.15) is 11.5 Å². The van der Waals surface area contributed by atoms with Crippen molar-refractivity contribution in [2.24, 2.45) is 0 Å². The molecule has 0 spiro atoms. The van der Waals surface area contributed by atoms with Crippen molar-refractivity contribution in [3.63, 3.8) is 0 Å². The summed E-state index contributed by atoms with van der Waals surface area (Å²) < 4.78 is 6.88. The molecule has 2 aromatic carbocycles. The van der Waals surface area contributed by atoms with E-state index in [0.29, 0.717) is 0 Å². The van der Waals surface area contributed by atoms with Gasteiger partial charge >= 0.3 is 0 Å². The fraction of sp³-hybridized carbons (Fsp3) is 0.556. The Morgan fingerprint density at radius 1 is 0.633 bits per heavy atom. The van der Waals surface area contributed by atoms with Gasteiger partial charge in [-0.1, -0.05) is 106 Å². The van der Waals surface area contributed by atoms with Crippen LogP contribution in [0.4, 0.5) is 0 Å². The summed E-state index contributed by atoms with van der Waals surface area (Å²) in [4.78, 5) is 0. The molecule has 0 aromatic heterocycles. The number of rotatable bonds is 2. The molecule has 0 N–H and O–H groups in total. The Hall–Kier alpha value is -1.33. The highest BCUT2D eigenvalue weighted by Crippen LogP contribution is 2.49. The molecule has 1 heterocycles. The van der Waals surface area contributed by atoms with Gasteiger partial charge in [0.25, 0.3) is 0 Å².